The topological polar surface area (TPSA) is 72.2 Å². The van der Waals surface area contributed by atoms with Crippen molar-refractivity contribution in [3.05, 3.63) is 76.1 Å². The van der Waals surface area contributed by atoms with Gasteiger partial charge < -0.3 is 9.73 Å². The van der Waals surface area contributed by atoms with Crippen LogP contribution in [0.4, 0.5) is 0 Å². The molecule has 146 valence electrons. The maximum atomic E-state index is 12.4. The van der Waals surface area contributed by atoms with Gasteiger partial charge in [-0.05, 0) is 31.5 Å². The van der Waals surface area contributed by atoms with Crippen LogP contribution in [0.2, 0.25) is 5.02 Å². The monoisotopic (exact) mass is 416 g/mol. The fraction of sp³-hybridized carbons (Fsp3) is 0.238. The average Bonchev–Trinajstić information content (AvgIpc) is 3.01. The van der Waals surface area contributed by atoms with Crippen molar-refractivity contribution >= 4 is 28.3 Å². The highest BCUT2D eigenvalue weighted by Crippen LogP contribution is 2.28. The van der Waals surface area contributed by atoms with Crippen molar-refractivity contribution in [3.63, 3.8) is 0 Å². The number of carbonyl (C=O) groups excluding carboxylic acids is 1. The summed E-state index contributed by atoms with van der Waals surface area (Å²) in [4.78, 5) is 16.5. The predicted octanol–water partition coefficient (Wildman–Crippen LogP) is 4.18. The van der Waals surface area contributed by atoms with E-state index in [-0.39, 0.29) is 17.4 Å². The number of hydrogen-bond acceptors (Lipinski definition) is 4. The molecule has 1 heterocycles. The second-order valence-electron chi connectivity index (χ2n) is 6.49. The second-order valence-corrected chi connectivity index (χ2v) is 8.36. The van der Waals surface area contributed by atoms with Crippen LogP contribution in [0, 0.1) is 13.8 Å². The molecule has 1 amide bonds. The molecule has 0 aliphatic rings. The van der Waals surface area contributed by atoms with Crippen LogP contribution in [0.25, 0.3) is 11.5 Å². The van der Waals surface area contributed by atoms with Crippen molar-refractivity contribution in [3.8, 4) is 11.5 Å². The molecule has 0 aliphatic heterocycles. The fourth-order valence-corrected chi connectivity index (χ4v) is 3.91. The van der Waals surface area contributed by atoms with E-state index in [0.717, 1.165) is 11.1 Å². The van der Waals surface area contributed by atoms with Crippen LogP contribution < -0.4 is 5.32 Å². The van der Waals surface area contributed by atoms with Gasteiger partial charge in [0, 0.05) is 17.3 Å². The third-order valence-electron chi connectivity index (χ3n) is 4.20. The molecule has 5 nitrogen and oxygen atoms in total. The lowest BCUT2D eigenvalue weighted by Gasteiger charge is -2.05. The molecule has 1 N–H and O–H groups in total. The van der Waals surface area contributed by atoms with E-state index in [1.807, 2.05) is 49.4 Å². The molecule has 28 heavy (non-hydrogen) atoms. The van der Waals surface area contributed by atoms with Gasteiger partial charge in [0.1, 0.15) is 11.5 Å². The number of benzene rings is 2. The van der Waals surface area contributed by atoms with Gasteiger partial charge >= 0.3 is 0 Å². The Morgan fingerprint density at radius 1 is 1.14 bits per heavy atom. The minimum absolute atomic E-state index is 0.0837. The van der Waals surface area contributed by atoms with Crippen LogP contribution in [0.3, 0.4) is 0 Å². The number of aryl methyl sites for hydroxylation is 2. The molecule has 0 radical (unpaired) electrons. The quantitative estimate of drug-likeness (QED) is 0.627. The van der Waals surface area contributed by atoms with Crippen LogP contribution in [-0.4, -0.2) is 20.9 Å². The highest BCUT2D eigenvalue weighted by atomic mass is 35.5. The number of rotatable bonds is 7. The number of oxazole rings is 1. The van der Waals surface area contributed by atoms with Gasteiger partial charge in [0.15, 0.2) is 0 Å². The van der Waals surface area contributed by atoms with E-state index in [1.54, 1.807) is 13.0 Å². The first-order chi connectivity index (χ1) is 13.4. The number of halogens is 1. The van der Waals surface area contributed by atoms with E-state index >= 15 is 0 Å². The summed E-state index contributed by atoms with van der Waals surface area (Å²) < 4.78 is 18.1. The van der Waals surface area contributed by atoms with Crippen molar-refractivity contribution < 1.29 is 13.4 Å². The van der Waals surface area contributed by atoms with Gasteiger partial charge in [0.2, 0.25) is 11.8 Å². The van der Waals surface area contributed by atoms with Crippen LogP contribution >= 0.6 is 11.6 Å². The van der Waals surface area contributed by atoms with Gasteiger partial charge in [-0.3, -0.25) is 9.00 Å². The lowest BCUT2D eigenvalue weighted by atomic mass is 10.1. The maximum absolute atomic E-state index is 12.4. The summed E-state index contributed by atoms with van der Waals surface area (Å²) in [7, 11) is -1.39. The summed E-state index contributed by atoms with van der Waals surface area (Å²) in [6, 6.07) is 15.1. The van der Waals surface area contributed by atoms with E-state index in [2.05, 4.69) is 10.3 Å². The van der Waals surface area contributed by atoms with Gasteiger partial charge in [-0.1, -0.05) is 53.6 Å². The van der Waals surface area contributed by atoms with E-state index in [4.69, 9.17) is 16.0 Å². The lowest BCUT2D eigenvalue weighted by molar-refractivity contribution is -0.118. The van der Waals surface area contributed by atoms with Gasteiger partial charge in [-0.2, -0.15) is 0 Å². The summed E-state index contributed by atoms with van der Waals surface area (Å²) in [5.74, 6) is 0.769. The maximum Gasteiger partial charge on any atom is 0.232 e. The van der Waals surface area contributed by atoms with Crippen molar-refractivity contribution in [1.29, 1.82) is 0 Å². The Morgan fingerprint density at radius 2 is 1.86 bits per heavy atom. The minimum atomic E-state index is -1.39. The van der Waals surface area contributed by atoms with E-state index in [0.29, 0.717) is 34.5 Å². The highest BCUT2D eigenvalue weighted by molar-refractivity contribution is 7.84. The SMILES string of the molecule is Cc1ccc(CNC(=O)C[S@](=O)Cc2nc(-c3ccccc3Cl)oc2C)cc1. The number of nitrogens with zero attached hydrogens (tertiary/aromatic N) is 1. The fourth-order valence-electron chi connectivity index (χ4n) is 2.62. The summed E-state index contributed by atoms with van der Waals surface area (Å²) in [5.41, 5.74) is 3.41. The molecule has 1 aromatic heterocycles. The van der Waals surface area contributed by atoms with Crippen LogP contribution in [0.15, 0.2) is 52.9 Å². The molecule has 2 aromatic carbocycles. The smallest absolute Gasteiger partial charge is 0.232 e. The minimum Gasteiger partial charge on any atom is -0.441 e. The van der Waals surface area contributed by atoms with Crippen molar-refractivity contribution in [2.45, 2.75) is 26.1 Å². The Kier molecular flexibility index (Phi) is 6.65. The molecule has 0 aliphatic carbocycles. The van der Waals surface area contributed by atoms with Gasteiger partial charge in [-0.25, -0.2) is 4.98 Å². The Labute approximate surface area is 171 Å². The van der Waals surface area contributed by atoms with E-state index in [9.17, 15) is 9.00 Å². The first-order valence-electron chi connectivity index (χ1n) is 8.81. The zero-order chi connectivity index (χ0) is 20.1. The standard InChI is InChI=1S/C21H21ClN2O3S/c1-14-7-9-16(10-8-14)11-23-20(25)13-28(26)12-19-15(2)27-21(24-19)17-5-3-4-6-18(17)22/h3-10H,11-13H2,1-2H3,(H,23,25)/t28-/m1/s1. The van der Waals surface area contributed by atoms with Crippen LogP contribution in [0.1, 0.15) is 22.6 Å². The largest absolute Gasteiger partial charge is 0.441 e. The number of hydrogen-bond donors (Lipinski definition) is 1. The first-order valence-corrected chi connectivity index (χ1v) is 10.7. The zero-order valence-electron chi connectivity index (χ0n) is 15.7. The third kappa shape index (κ3) is 5.30. The molecule has 0 fully saturated rings. The second kappa shape index (κ2) is 9.17. The first kappa shape index (κ1) is 20.3. The normalized spacial score (nSPS) is 12.0. The molecule has 0 spiro atoms. The summed E-state index contributed by atoms with van der Waals surface area (Å²) in [6.45, 7) is 4.18. The molecule has 1 atom stereocenters. The Bertz CT molecular complexity index is 999. The number of amides is 1. The molecule has 7 heteroatoms. The van der Waals surface area contributed by atoms with Crippen LogP contribution in [-0.2, 0) is 27.9 Å². The third-order valence-corrected chi connectivity index (χ3v) is 5.71. The molecule has 0 saturated heterocycles. The Hall–Kier alpha value is -2.44. The highest BCUT2D eigenvalue weighted by Gasteiger charge is 2.17. The van der Waals surface area contributed by atoms with Gasteiger partial charge in [0.05, 0.1) is 22.0 Å². The molecule has 0 unspecified atom stereocenters. The average molecular weight is 417 g/mol. The molecular weight excluding hydrogens is 396 g/mol. The van der Waals surface area contributed by atoms with Crippen LogP contribution in [0.5, 0.6) is 0 Å². The Morgan fingerprint density at radius 3 is 2.57 bits per heavy atom. The lowest BCUT2D eigenvalue weighted by Crippen LogP contribution is -2.28. The molecular formula is C21H21ClN2O3S. The molecule has 0 saturated carbocycles. The summed E-state index contributed by atoms with van der Waals surface area (Å²) >= 11 is 6.18. The predicted molar refractivity (Wildman–Crippen MR) is 111 cm³/mol. The Balaban J connectivity index is 1.56. The number of carbonyl (C=O) groups is 1. The number of aromatic nitrogens is 1. The van der Waals surface area contributed by atoms with Crippen molar-refractivity contribution in [1.82, 2.24) is 10.3 Å². The van der Waals surface area contributed by atoms with Crippen molar-refractivity contribution in [2.24, 2.45) is 0 Å². The van der Waals surface area contributed by atoms with Gasteiger partial charge in [-0.15, -0.1) is 0 Å². The van der Waals surface area contributed by atoms with E-state index in [1.165, 1.54) is 0 Å². The number of nitrogens with one attached hydrogen (secondary N) is 1. The van der Waals surface area contributed by atoms with Crippen molar-refractivity contribution in [2.75, 3.05) is 5.75 Å². The molecule has 0 bridgehead atoms. The molecule has 3 aromatic rings. The molecule has 3 rings (SSSR count). The zero-order valence-corrected chi connectivity index (χ0v) is 17.3. The summed E-state index contributed by atoms with van der Waals surface area (Å²) in [5, 5.41) is 3.33. The van der Waals surface area contributed by atoms with Gasteiger partial charge in [0.25, 0.3) is 0 Å². The van der Waals surface area contributed by atoms with E-state index < -0.39 is 10.8 Å². The summed E-state index contributed by atoms with van der Waals surface area (Å²) in [6.07, 6.45) is 0.